The number of hydrogen-bond acceptors (Lipinski definition) is 31. The molecule has 41 heteroatoms. The fourth-order valence-corrected chi connectivity index (χ4v) is 12.1. The van der Waals surface area contributed by atoms with Gasteiger partial charge in [-0.25, -0.2) is 29.7 Å². The van der Waals surface area contributed by atoms with E-state index in [2.05, 4.69) is 74.3 Å². The summed E-state index contributed by atoms with van der Waals surface area (Å²) in [5.74, 6) is -7.69. The lowest BCUT2D eigenvalue weighted by molar-refractivity contribution is -0.372. The number of carbonyl (C=O) groups is 8. The van der Waals surface area contributed by atoms with E-state index in [-0.39, 0.29) is 64.9 Å². The van der Waals surface area contributed by atoms with Gasteiger partial charge in [0.2, 0.25) is 29.5 Å². The molecule has 38 nitrogen and oxygen atoms in total. The van der Waals surface area contributed by atoms with E-state index in [1.54, 1.807) is 10.8 Å². The molecule has 96 heavy (non-hydrogen) atoms. The van der Waals surface area contributed by atoms with Crippen molar-refractivity contribution in [2.75, 3.05) is 56.8 Å². The van der Waals surface area contributed by atoms with Crippen LogP contribution in [0.2, 0.25) is 0 Å². The summed E-state index contributed by atoms with van der Waals surface area (Å²) in [5, 5.41) is 108. The van der Waals surface area contributed by atoms with Crippen LogP contribution < -0.4 is 60.6 Å². The number of nitrogens with zero attached hydrogens (tertiary/aromatic N) is 5. The van der Waals surface area contributed by atoms with E-state index < -0.39 is 183 Å². The predicted molar refractivity (Wildman–Crippen MR) is 339 cm³/mol. The number of aliphatic hydroxyl groups excluding tert-OH is 8. The van der Waals surface area contributed by atoms with Gasteiger partial charge in [-0.15, -0.1) is 22.7 Å². The molecule has 2 aliphatic rings. The second-order valence-electron chi connectivity index (χ2n) is 22.8. The quantitative estimate of drug-likeness (QED) is 0.0150. The van der Waals surface area contributed by atoms with Gasteiger partial charge < -0.3 is 130 Å². The number of aromatic amines is 1. The Balaban J connectivity index is 1.26. The van der Waals surface area contributed by atoms with E-state index in [0.29, 0.717) is 22.3 Å². The summed E-state index contributed by atoms with van der Waals surface area (Å²) in [6.45, 7) is 3.18. The first-order chi connectivity index (χ1) is 45.3. The van der Waals surface area contributed by atoms with Crippen molar-refractivity contribution in [1.29, 1.82) is 0 Å². The van der Waals surface area contributed by atoms with Crippen LogP contribution in [0.3, 0.4) is 0 Å². The molecule has 19 atom stereocenters. The van der Waals surface area contributed by atoms with Crippen LogP contribution in [-0.4, -0.2) is 267 Å². The lowest BCUT2D eigenvalue weighted by Crippen LogP contribution is -2.65. The lowest BCUT2D eigenvalue weighted by atomic mass is 9.96. The van der Waals surface area contributed by atoms with E-state index >= 15 is 4.79 Å². The van der Waals surface area contributed by atoms with Gasteiger partial charge in [0.15, 0.2) is 18.7 Å². The van der Waals surface area contributed by atoms with Crippen molar-refractivity contribution >= 4 is 86.8 Å². The molecule has 6 heterocycles. The molecule has 0 aliphatic carbocycles. The number of aliphatic hydroxyl groups is 8. The Morgan fingerprint density at radius 3 is 2.09 bits per heavy atom. The first kappa shape index (κ1) is 77.7. The second kappa shape index (κ2) is 35.8. The highest BCUT2D eigenvalue weighted by Crippen LogP contribution is 2.35. The third kappa shape index (κ3) is 20.6. The number of hydrogen-bond donors (Lipinski definition) is 20. The highest BCUT2D eigenvalue weighted by molar-refractivity contribution is 7.95. The summed E-state index contributed by atoms with van der Waals surface area (Å²) >= 11 is 2.52. The highest BCUT2D eigenvalue weighted by Gasteiger charge is 2.54. The van der Waals surface area contributed by atoms with Gasteiger partial charge in [-0.05, 0) is 31.7 Å². The number of carbonyl (C=O) groups excluding carboxylic acids is 8. The summed E-state index contributed by atoms with van der Waals surface area (Å²) in [7, 11) is 0.254. The molecule has 0 aromatic carbocycles. The number of nitrogens with two attached hydrogens (primary N) is 5. The molecule has 2 aliphatic heterocycles. The van der Waals surface area contributed by atoms with Gasteiger partial charge in [0.05, 0.1) is 85.2 Å². The number of H-pyrrole nitrogens is 1. The van der Waals surface area contributed by atoms with Gasteiger partial charge in [-0.2, -0.15) is 0 Å². The van der Waals surface area contributed by atoms with Gasteiger partial charge in [0, 0.05) is 55.2 Å². The van der Waals surface area contributed by atoms with Crippen molar-refractivity contribution in [3.63, 3.8) is 0 Å². The molecule has 25 N–H and O–H groups in total. The Morgan fingerprint density at radius 1 is 0.781 bits per heavy atom. The van der Waals surface area contributed by atoms with Crippen molar-refractivity contribution in [3.8, 4) is 10.7 Å². The number of nitrogens with one attached hydrogen (secondary N) is 7. The normalized spacial score (nSPS) is 24.0. The minimum absolute atomic E-state index is 0.00498. The number of thiazole rings is 2. The molecule has 532 valence electrons. The minimum atomic E-state index is -2.20. The van der Waals surface area contributed by atoms with E-state index in [1.165, 1.54) is 50.4 Å². The SMILES string of the molecule is Cc1c(N)nc([C@@H](CC(N)=O)NC[C@H](N)C(N)=O)nc1C(=O)N[C@H](C(=O)N[C@H](C)[C@H](O)[C@H](C)C(=O)N[C@@H](C(=O)NCCc1nc(-c2nc(C(=O)NCCC[S+](C)C)cs2)cs1)[C@H](C)O)[C@H](O[C@@H]1O[C@@H](CO)[C@@H](O)[C@H](O)[C@@H]1O[C@H]1O[C@H](CO)[C@H](O)[C@H](OC(N)=O)[C@@H]1O)c1cnc[nH]1. The maximum atomic E-state index is 15.2. The highest BCUT2D eigenvalue weighted by atomic mass is 32.2. The zero-order valence-electron chi connectivity index (χ0n) is 52.9. The molecule has 8 amide bonds. The average molecular weight is 1420 g/mol. The molecule has 4 aromatic heterocycles. The van der Waals surface area contributed by atoms with Crippen molar-refractivity contribution in [2.45, 2.75) is 157 Å². The Hall–Kier alpha value is -7.30. The first-order valence-corrected chi connectivity index (χ1v) is 33.8. The maximum Gasteiger partial charge on any atom is 0.404 e. The summed E-state index contributed by atoms with van der Waals surface area (Å²) in [5.41, 5.74) is 28.1. The van der Waals surface area contributed by atoms with Gasteiger partial charge >= 0.3 is 6.09 Å². The summed E-state index contributed by atoms with van der Waals surface area (Å²) in [4.78, 5) is 131. The fourth-order valence-electron chi connectivity index (χ4n) is 9.80. The van der Waals surface area contributed by atoms with Gasteiger partial charge in [0.1, 0.15) is 100 Å². The molecule has 4 aromatic rings. The number of ether oxygens (including phenoxy) is 5. The van der Waals surface area contributed by atoms with Gasteiger partial charge in [0.25, 0.3) is 11.8 Å². The van der Waals surface area contributed by atoms with E-state index in [1.807, 2.05) is 0 Å². The largest absolute Gasteiger partial charge is 0.441 e. The Bertz CT molecular complexity index is 3280. The molecular weight excluding hydrogens is 1330 g/mol. The Kier molecular flexibility index (Phi) is 29.0. The lowest BCUT2D eigenvalue weighted by Gasteiger charge is -2.47. The van der Waals surface area contributed by atoms with E-state index in [4.69, 9.17) is 52.4 Å². The summed E-state index contributed by atoms with van der Waals surface area (Å²) < 4.78 is 28.7. The van der Waals surface area contributed by atoms with E-state index in [0.717, 1.165) is 24.7 Å². The molecule has 0 spiro atoms. The van der Waals surface area contributed by atoms with Gasteiger partial charge in [-0.1, -0.05) is 6.92 Å². The zero-order chi connectivity index (χ0) is 71.0. The van der Waals surface area contributed by atoms with Crippen LogP contribution in [-0.2, 0) is 65.0 Å². The van der Waals surface area contributed by atoms with Crippen LogP contribution in [0.4, 0.5) is 10.6 Å². The minimum Gasteiger partial charge on any atom is -0.441 e. The third-order valence-corrected chi connectivity index (χ3v) is 18.2. The molecule has 0 radical (unpaired) electrons. The topological polar surface area (TPSA) is 627 Å². The first-order valence-electron chi connectivity index (χ1n) is 29.8. The monoisotopic (exact) mass is 1410 g/mol. The van der Waals surface area contributed by atoms with E-state index in [9.17, 15) is 74.4 Å². The molecule has 2 saturated heterocycles. The predicted octanol–water partition coefficient (Wildman–Crippen LogP) is -7.70. The molecule has 0 saturated carbocycles. The number of aromatic nitrogens is 6. The number of imidazole rings is 1. The molecule has 2 fully saturated rings. The standard InChI is InChI=1S/C55H83N17O21S3/c1-20-33(69-46(72-44(20)58)25(12-31(57)76)64-13-24(56)45(59)82)50(86)71-35(41(26-14-61-19-65-26)91-54-43(39(80)37(78)29(15-73)90-54)92-53-40(81)42(93-55(60)88)38(79)30(16-74)89-53)51(87)66-22(3)36(77)21(2)47(83)70-34(23(4)75)49(85)63-10-8-32-67-28(18-94-32)52-68-27(17-95-52)48(84)62-9-7-11-96(5)6/h14,17-19,21-25,29-30,34-43,53-54,64,73-75,77-81H,7-13,15-16,56H2,1-6H3,(H13-,57,58,59,60,61,62,63,65,66,69,70,71,72,76,82,83,84,85,86,87,88)/p+1/t21-,22+,23-,24-,25+,29-,30+,34+,35-,36+,37+,38-,39-,40-,41+,42-,43-,53+,54-/m0/s1. The number of primary amides is 3. The second-order valence-corrected chi connectivity index (χ2v) is 27.0. The number of anilines is 1. The maximum absolute atomic E-state index is 15.2. The smallest absolute Gasteiger partial charge is 0.404 e. The molecule has 0 bridgehead atoms. The van der Waals surface area contributed by atoms with Gasteiger partial charge in [-0.3, -0.25) is 33.6 Å². The molecule has 6 rings (SSSR count). The van der Waals surface area contributed by atoms with Crippen molar-refractivity contribution in [2.24, 2.45) is 28.9 Å². The zero-order valence-corrected chi connectivity index (χ0v) is 55.3. The van der Waals surface area contributed by atoms with Crippen molar-refractivity contribution < 1.29 is 103 Å². The van der Waals surface area contributed by atoms with Crippen LogP contribution >= 0.6 is 22.7 Å². The van der Waals surface area contributed by atoms with Crippen molar-refractivity contribution in [3.05, 3.63) is 56.8 Å². The average Bonchev–Trinajstić information content (AvgIpc) is 0.885. The van der Waals surface area contributed by atoms with Crippen LogP contribution in [0.15, 0.2) is 23.3 Å². The van der Waals surface area contributed by atoms with Crippen molar-refractivity contribution in [1.82, 2.24) is 61.8 Å². The summed E-state index contributed by atoms with van der Waals surface area (Å²) in [6, 6.07) is -7.85. The molecule has 0 unspecified atom stereocenters. The number of nitrogen functional groups attached to an aromatic ring is 1. The third-order valence-electron chi connectivity index (χ3n) is 15.3. The van der Waals surface area contributed by atoms with Crippen LogP contribution in [0, 0.1) is 12.8 Å². The summed E-state index contributed by atoms with van der Waals surface area (Å²) in [6.07, 6.45) is -20.0. The van der Waals surface area contributed by atoms with Crippen LogP contribution in [0.25, 0.3) is 10.7 Å². The Labute approximate surface area is 559 Å². The number of rotatable bonds is 35. The van der Waals surface area contributed by atoms with Crippen LogP contribution in [0.5, 0.6) is 0 Å². The van der Waals surface area contributed by atoms with Crippen LogP contribution in [0.1, 0.15) is 88.8 Å². The number of amides is 8. The fraction of sp³-hybridized carbons (Fsp3) is 0.618. The Morgan fingerprint density at radius 2 is 1.47 bits per heavy atom. The molecular formula is C55H84N17O21S3+.